The highest BCUT2D eigenvalue weighted by Gasteiger charge is 2.20. The number of fused-ring (bicyclic) bond motifs is 3. The van der Waals surface area contributed by atoms with Gasteiger partial charge in [-0.15, -0.1) is 0 Å². The molecule has 1 aromatic carbocycles. The molecule has 1 heterocycles. The zero-order valence-electron chi connectivity index (χ0n) is 12.3. The minimum Gasteiger partial charge on any atom is -0.347 e. The van der Waals surface area contributed by atoms with Crippen molar-refractivity contribution in [2.75, 3.05) is 0 Å². The Morgan fingerprint density at radius 2 is 1.90 bits per heavy atom. The summed E-state index contributed by atoms with van der Waals surface area (Å²) in [5.41, 5.74) is 5.90. The van der Waals surface area contributed by atoms with Gasteiger partial charge < -0.3 is 9.98 Å². The number of hydrogen-bond acceptors (Lipinski definition) is 1. The highest BCUT2D eigenvalue weighted by Crippen LogP contribution is 2.33. The molecule has 1 aliphatic rings. The predicted octanol–water partition coefficient (Wildman–Crippen LogP) is 4.52. The number of aryl methyl sites for hydroxylation is 1. The van der Waals surface area contributed by atoms with Crippen molar-refractivity contribution >= 4 is 5.71 Å². The molecule has 0 saturated carbocycles. The maximum atomic E-state index is 8.33. The van der Waals surface area contributed by atoms with Gasteiger partial charge in [-0.05, 0) is 36.8 Å². The summed E-state index contributed by atoms with van der Waals surface area (Å²) >= 11 is 0. The van der Waals surface area contributed by atoms with Crippen LogP contribution in [0.3, 0.4) is 0 Å². The second-order valence-corrected chi connectivity index (χ2v) is 6.11. The molecule has 2 heteroatoms. The Kier molecular flexibility index (Phi) is 3.47. The van der Waals surface area contributed by atoms with E-state index in [9.17, 15) is 0 Å². The minimum atomic E-state index is 0.610. The van der Waals surface area contributed by atoms with Crippen LogP contribution in [0.1, 0.15) is 37.8 Å². The Labute approximate surface area is 121 Å². The normalized spacial score (nSPS) is 14.7. The maximum Gasteiger partial charge on any atom is 0.0574 e. The van der Waals surface area contributed by atoms with Gasteiger partial charge in [-0.1, -0.05) is 38.1 Å². The molecule has 1 aromatic heterocycles. The Balaban J connectivity index is 2.20. The van der Waals surface area contributed by atoms with Crippen LogP contribution in [-0.4, -0.2) is 10.3 Å². The van der Waals surface area contributed by atoms with Gasteiger partial charge in [0.15, 0.2) is 0 Å². The molecule has 0 unspecified atom stereocenters. The van der Waals surface area contributed by atoms with Gasteiger partial charge in [0.25, 0.3) is 0 Å². The molecule has 0 bridgehead atoms. The van der Waals surface area contributed by atoms with Crippen LogP contribution in [0.2, 0.25) is 0 Å². The third-order valence-electron chi connectivity index (χ3n) is 4.00. The fourth-order valence-corrected chi connectivity index (χ4v) is 3.12. The van der Waals surface area contributed by atoms with Gasteiger partial charge in [-0.25, -0.2) is 0 Å². The number of nitrogens with one attached hydrogen (secondary N) is 1. The molecule has 0 atom stereocenters. The van der Waals surface area contributed by atoms with Gasteiger partial charge in [0.2, 0.25) is 0 Å². The van der Waals surface area contributed by atoms with Crippen LogP contribution in [0, 0.1) is 11.3 Å². The van der Waals surface area contributed by atoms with Crippen molar-refractivity contribution in [3.8, 4) is 11.3 Å². The van der Waals surface area contributed by atoms with E-state index in [1.807, 2.05) is 0 Å². The Morgan fingerprint density at radius 3 is 2.70 bits per heavy atom. The van der Waals surface area contributed by atoms with E-state index in [1.165, 1.54) is 16.8 Å². The molecule has 104 valence electrons. The maximum absolute atomic E-state index is 8.33. The highest BCUT2D eigenvalue weighted by atomic mass is 15.0. The lowest BCUT2D eigenvalue weighted by molar-refractivity contribution is 0.528. The zero-order valence-corrected chi connectivity index (χ0v) is 12.3. The molecule has 2 aromatic rings. The van der Waals surface area contributed by atoms with Gasteiger partial charge in [-0.3, -0.25) is 0 Å². The summed E-state index contributed by atoms with van der Waals surface area (Å²) in [4.78, 5) is 0. The van der Waals surface area contributed by atoms with Gasteiger partial charge in [0.1, 0.15) is 0 Å². The lowest BCUT2D eigenvalue weighted by Gasteiger charge is -2.19. The summed E-state index contributed by atoms with van der Waals surface area (Å²) < 4.78 is 2.33. The summed E-state index contributed by atoms with van der Waals surface area (Å²) in [5.74, 6) is 0.610. The smallest absolute Gasteiger partial charge is 0.0574 e. The first kappa shape index (κ1) is 13.2. The molecule has 0 spiro atoms. The standard InChI is InChI=1S/C18H22N2/c1-13(2)12-20-11-10-16-17(19)9-5-7-14-6-3-4-8-15(14)18(16)20/h3-4,6,8,10-11,13,19H,5,7,9,12H2,1-2H3. The number of benzene rings is 1. The zero-order chi connectivity index (χ0) is 14.1. The molecular weight excluding hydrogens is 244 g/mol. The monoisotopic (exact) mass is 266 g/mol. The van der Waals surface area contributed by atoms with Crippen LogP contribution in [0.25, 0.3) is 11.3 Å². The van der Waals surface area contributed by atoms with Crippen molar-refractivity contribution in [2.45, 2.75) is 39.7 Å². The van der Waals surface area contributed by atoms with Crippen molar-refractivity contribution in [1.29, 1.82) is 5.41 Å². The van der Waals surface area contributed by atoms with E-state index < -0.39 is 0 Å². The van der Waals surface area contributed by atoms with Crippen LogP contribution >= 0.6 is 0 Å². The average molecular weight is 266 g/mol. The molecule has 0 aliphatic heterocycles. The topological polar surface area (TPSA) is 28.8 Å². The summed E-state index contributed by atoms with van der Waals surface area (Å²) in [6.45, 7) is 5.50. The summed E-state index contributed by atoms with van der Waals surface area (Å²) in [7, 11) is 0. The van der Waals surface area contributed by atoms with Crippen LogP contribution in [0.4, 0.5) is 0 Å². The second kappa shape index (κ2) is 5.28. The fourth-order valence-electron chi connectivity index (χ4n) is 3.12. The molecule has 0 amide bonds. The average Bonchev–Trinajstić information content (AvgIpc) is 2.80. The molecule has 0 radical (unpaired) electrons. The highest BCUT2D eigenvalue weighted by molar-refractivity contribution is 6.04. The molecule has 3 rings (SSSR count). The third-order valence-corrected chi connectivity index (χ3v) is 4.00. The lowest BCUT2D eigenvalue weighted by Crippen LogP contribution is -2.11. The van der Waals surface area contributed by atoms with E-state index in [4.69, 9.17) is 5.41 Å². The van der Waals surface area contributed by atoms with Crippen LogP contribution < -0.4 is 0 Å². The largest absolute Gasteiger partial charge is 0.347 e. The summed E-state index contributed by atoms with van der Waals surface area (Å²) in [5, 5.41) is 8.33. The van der Waals surface area contributed by atoms with Gasteiger partial charge >= 0.3 is 0 Å². The SMILES string of the molecule is CC(C)Cn1ccc2c1-c1ccccc1CCCC2=N. The lowest BCUT2D eigenvalue weighted by atomic mass is 9.91. The van der Waals surface area contributed by atoms with Gasteiger partial charge in [-0.2, -0.15) is 0 Å². The van der Waals surface area contributed by atoms with Gasteiger partial charge in [0.05, 0.1) is 5.69 Å². The van der Waals surface area contributed by atoms with Crippen molar-refractivity contribution in [3.63, 3.8) is 0 Å². The number of hydrogen-bond donors (Lipinski definition) is 1. The quantitative estimate of drug-likeness (QED) is 0.828. The Bertz CT molecular complexity index is 635. The number of nitrogens with zero attached hydrogens (tertiary/aromatic N) is 1. The molecular formula is C18H22N2. The first-order chi connectivity index (χ1) is 9.66. The van der Waals surface area contributed by atoms with E-state index in [1.54, 1.807) is 0 Å². The first-order valence-corrected chi connectivity index (χ1v) is 7.52. The van der Waals surface area contributed by atoms with E-state index in [2.05, 4.69) is 54.9 Å². The summed E-state index contributed by atoms with van der Waals surface area (Å²) in [6.07, 6.45) is 5.18. The summed E-state index contributed by atoms with van der Waals surface area (Å²) in [6, 6.07) is 10.8. The molecule has 20 heavy (non-hydrogen) atoms. The van der Waals surface area contributed by atoms with Crippen LogP contribution in [-0.2, 0) is 13.0 Å². The molecule has 1 N–H and O–H groups in total. The molecule has 2 nitrogen and oxygen atoms in total. The van der Waals surface area contributed by atoms with E-state index in [0.29, 0.717) is 5.92 Å². The van der Waals surface area contributed by atoms with Crippen molar-refractivity contribution < 1.29 is 0 Å². The second-order valence-electron chi connectivity index (χ2n) is 6.11. The van der Waals surface area contributed by atoms with Crippen molar-refractivity contribution in [1.82, 2.24) is 4.57 Å². The molecule has 1 aliphatic carbocycles. The van der Waals surface area contributed by atoms with E-state index >= 15 is 0 Å². The van der Waals surface area contributed by atoms with E-state index in [0.717, 1.165) is 37.1 Å². The molecule has 0 saturated heterocycles. The van der Waals surface area contributed by atoms with Crippen LogP contribution in [0.5, 0.6) is 0 Å². The Morgan fingerprint density at radius 1 is 1.10 bits per heavy atom. The van der Waals surface area contributed by atoms with E-state index in [-0.39, 0.29) is 0 Å². The number of aromatic nitrogens is 1. The van der Waals surface area contributed by atoms with Crippen molar-refractivity contribution in [3.05, 3.63) is 47.7 Å². The predicted molar refractivity (Wildman–Crippen MR) is 84.5 cm³/mol. The minimum absolute atomic E-state index is 0.610. The third kappa shape index (κ3) is 2.31. The van der Waals surface area contributed by atoms with Crippen LogP contribution in [0.15, 0.2) is 36.5 Å². The fraction of sp³-hybridized carbons (Fsp3) is 0.389. The molecule has 0 fully saturated rings. The first-order valence-electron chi connectivity index (χ1n) is 7.52. The Hall–Kier alpha value is -1.83. The van der Waals surface area contributed by atoms with Gasteiger partial charge in [0, 0.05) is 29.6 Å². The number of rotatable bonds is 2. The van der Waals surface area contributed by atoms with Crippen molar-refractivity contribution in [2.24, 2.45) is 5.92 Å².